The molecule has 1 aromatic carbocycles. The Balaban J connectivity index is 1.85. The van der Waals surface area contributed by atoms with Gasteiger partial charge in [0.1, 0.15) is 17.8 Å². The van der Waals surface area contributed by atoms with Crippen LogP contribution in [0.4, 0.5) is 5.69 Å². The normalized spacial score (nSPS) is 16.8. The number of aliphatic imine (C=N–C) groups is 1. The number of fused-ring (bicyclic) bond motifs is 1. The Morgan fingerprint density at radius 3 is 2.92 bits per heavy atom. The van der Waals surface area contributed by atoms with Crippen molar-refractivity contribution in [3.05, 3.63) is 39.6 Å². The number of H-pyrrole nitrogens is 1. The number of rotatable bonds is 5. The molecule has 1 aliphatic rings. The zero-order chi connectivity index (χ0) is 18.1. The Hall–Kier alpha value is -2.90. The van der Waals surface area contributed by atoms with Crippen LogP contribution in [0.1, 0.15) is 31.5 Å². The summed E-state index contributed by atoms with van der Waals surface area (Å²) in [5.41, 5.74) is 1.80. The molecule has 0 spiro atoms. The number of aromatic amines is 1. The molecule has 1 aliphatic heterocycles. The first-order chi connectivity index (χ1) is 11.8. The number of carbonyl (C=O) groups excluding carboxylic acids is 1. The van der Waals surface area contributed by atoms with Crippen LogP contribution < -0.4 is 0 Å². The van der Waals surface area contributed by atoms with E-state index < -0.39 is 4.92 Å². The number of nitro groups is 1. The highest BCUT2D eigenvalue weighted by Crippen LogP contribution is 2.28. The molecule has 1 aromatic heterocycles. The summed E-state index contributed by atoms with van der Waals surface area (Å²) in [6, 6.07) is 4.83. The predicted molar refractivity (Wildman–Crippen MR) is 91.8 cm³/mol. The average Bonchev–Trinajstić information content (AvgIpc) is 3.11. The van der Waals surface area contributed by atoms with Crippen molar-refractivity contribution < 1.29 is 19.2 Å². The minimum Gasteiger partial charge on any atom is -0.474 e. The van der Waals surface area contributed by atoms with Gasteiger partial charge in [0.25, 0.3) is 5.69 Å². The van der Waals surface area contributed by atoms with Crippen LogP contribution in [0.15, 0.2) is 23.2 Å². The van der Waals surface area contributed by atoms with Gasteiger partial charge in [-0.2, -0.15) is 0 Å². The fourth-order valence-corrected chi connectivity index (χ4v) is 2.80. The molecular formula is C17H19N3O5. The summed E-state index contributed by atoms with van der Waals surface area (Å²) in [4.78, 5) is 29.9. The molecule has 25 heavy (non-hydrogen) atoms. The van der Waals surface area contributed by atoms with Crippen LogP contribution in [0.2, 0.25) is 0 Å². The highest BCUT2D eigenvalue weighted by Gasteiger charge is 2.26. The Morgan fingerprint density at radius 1 is 1.48 bits per heavy atom. The third-order valence-electron chi connectivity index (χ3n) is 3.76. The van der Waals surface area contributed by atoms with E-state index in [0.29, 0.717) is 17.1 Å². The van der Waals surface area contributed by atoms with Crippen molar-refractivity contribution in [3.8, 4) is 0 Å². The number of hydrogen-bond acceptors (Lipinski definition) is 6. The van der Waals surface area contributed by atoms with E-state index in [1.165, 1.54) is 6.07 Å². The maximum atomic E-state index is 11.7. The van der Waals surface area contributed by atoms with E-state index in [4.69, 9.17) is 9.47 Å². The van der Waals surface area contributed by atoms with Crippen molar-refractivity contribution >= 4 is 28.5 Å². The van der Waals surface area contributed by atoms with Crippen LogP contribution in [-0.2, 0) is 14.3 Å². The molecule has 2 aromatic rings. The molecule has 132 valence electrons. The molecule has 0 amide bonds. The maximum Gasteiger partial charge on any atom is 0.308 e. The highest BCUT2D eigenvalue weighted by molar-refractivity contribution is 6.01. The molecular weight excluding hydrogens is 326 g/mol. The highest BCUT2D eigenvalue weighted by atomic mass is 16.6. The fourth-order valence-electron chi connectivity index (χ4n) is 2.80. The predicted octanol–water partition coefficient (Wildman–Crippen LogP) is 2.87. The molecule has 8 heteroatoms. The minimum atomic E-state index is -0.419. The molecule has 0 saturated heterocycles. The summed E-state index contributed by atoms with van der Waals surface area (Å²) in [5.74, 6) is 0.0296. The number of non-ortho nitro benzene ring substituents is 1. The average molecular weight is 345 g/mol. The Bertz CT molecular complexity index is 869. The van der Waals surface area contributed by atoms with Gasteiger partial charge in [0.05, 0.1) is 23.5 Å². The second-order valence-electron chi connectivity index (χ2n) is 6.33. The van der Waals surface area contributed by atoms with Crippen molar-refractivity contribution in [3.63, 3.8) is 0 Å². The SMILES string of the molecule is Cc1cc([N+](=O)[O-])c2[nH]c(C3=NC(CC(=O)OC(C)C)CO3)cc2c1. The van der Waals surface area contributed by atoms with E-state index in [0.717, 1.165) is 10.9 Å². The summed E-state index contributed by atoms with van der Waals surface area (Å²) in [6.07, 6.45) is -0.0305. The number of nitrogens with zero attached hydrogens (tertiary/aromatic N) is 2. The van der Waals surface area contributed by atoms with Gasteiger partial charge in [-0.15, -0.1) is 0 Å². The van der Waals surface area contributed by atoms with Crippen LogP contribution in [0, 0.1) is 17.0 Å². The summed E-state index contributed by atoms with van der Waals surface area (Å²) in [5, 5.41) is 11.9. The van der Waals surface area contributed by atoms with Crippen molar-refractivity contribution in [2.24, 2.45) is 4.99 Å². The lowest BCUT2D eigenvalue weighted by atomic mass is 10.1. The van der Waals surface area contributed by atoms with Gasteiger partial charge in [-0.25, -0.2) is 4.99 Å². The van der Waals surface area contributed by atoms with Crippen LogP contribution in [0.3, 0.4) is 0 Å². The first-order valence-corrected chi connectivity index (χ1v) is 8.01. The number of benzene rings is 1. The standard InChI is InChI=1S/C17H19N3O5/c1-9(2)25-15(21)7-12-8-24-17(18-12)13-6-11-4-10(3)5-14(20(22)23)16(11)19-13/h4-6,9,12,19H,7-8H2,1-3H3. The van der Waals surface area contributed by atoms with Gasteiger partial charge in [-0.3, -0.25) is 14.9 Å². The third kappa shape index (κ3) is 3.62. The van der Waals surface area contributed by atoms with E-state index in [9.17, 15) is 14.9 Å². The van der Waals surface area contributed by atoms with Gasteiger partial charge >= 0.3 is 5.97 Å². The van der Waals surface area contributed by atoms with Crippen LogP contribution in [0.25, 0.3) is 10.9 Å². The topological polar surface area (TPSA) is 107 Å². The Morgan fingerprint density at radius 2 is 2.24 bits per heavy atom. The molecule has 0 radical (unpaired) electrons. The van der Waals surface area contributed by atoms with E-state index in [2.05, 4.69) is 9.98 Å². The van der Waals surface area contributed by atoms with E-state index >= 15 is 0 Å². The molecule has 1 unspecified atom stereocenters. The Kier molecular flexibility index (Phi) is 4.43. The van der Waals surface area contributed by atoms with Gasteiger partial charge in [0.15, 0.2) is 0 Å². The lowest BCUT2D eigenvalue weighted by Gasteiger charge is -2.08. The first kappa shape index (κ1) is 16.9. The van der Waals surface area contributed by atoms with Crippen molar-refractivity contribution in [1.29, 1.82) is 0 Å². The number of nitro benzene ring substituents is 1. The summed E-state index contributed by atoms with van der Waals surface area (Å²) >= 11 is 0. The summed E-state index contributed by atoms with van der Waals surface area (Å²) < 4.78 is 10.7. The van der Waals surface area contributed by atoms with Crippen LogP contribution in [0.5, 0.6) is 0 Å². The number of ether oxygens (including phenoxy) is 2. The van der Waals surface area contributed by atoms with Crippen LogP contribution >= 0.6 is 0 Å². The minimum absolute atomic E-state index is 0.0110. The molecule has 1 N–H and O–H groups in total. The molecule has 0 fully saturated rings. The number of aromatic nitrogens is 1. The smallest absolute Gasteiger partial charge is 0.308 e. The van der Waals surface area contributed by atoms with Crippen molar-refractivity contribution in [2.45, 2.75) is 39.3 Å². The molecule has 0 bridgehead atoms. The van der Waals surface area contributed by atoms with E-state index in [-0.39, 0.29) is 36.8 Å². The summed E-state index contributed by atoms with van der Waals surface area (Å²) in [6.45, 7) is 5.66. The van der Waals surface area contributed by atoms with Crippen molar-refractivity contribution in [2.75, 3.05) is 6.61 Å². The molecule has 0 aliphatic carbocycles. The zero-order valence-corrected chi connectivity index (χ0v) is 14.2. The Labute approximate surface area is 144 Å². The van der Waals surface area contributed by atoms with Gasteiger partial charge in [0.2, 0.25) is 5.90 Å². The molecule has 8 nitrogen and oxygen atoms in total. The fraction of sp³-hybridized carbons (Fsp3) is 0.412. The lowest BCUT2D eigenvalue weighted by Crippen LogP contribution is -2.18. The first-order valence-electron chi connectivity index (χ1n) is 8.01. The monoisotopic (exact) mass is 345 g/mol. The molecule has 1 atom stereocenters. The largest absolute Gasteiger partial charge is 0.474 e. The van der Waals surface area contributed by atoms with Gasteiger partial charge in [-0.05, 0) is 38.5 Å². The zero-order valence-electron chi connectivity index (χ0n) is 14.2. The van der Waals surface area contributed by atoms with Crippen molar-refractivity contribution in [1.82, 2.24) is 4.98 Å². The lowest BCUT2D eigenvalue weighted by molar-refractivity contribution is -0.383. The quantitative estimate of drug-likeness (QED) is 0.509. The molecule has 0 saturated carbocycles. The maximum absolute atomic E-state index is 11.7. The summed E-state index contributed by atoms with van der Waals surface area (Å²) in [7, 11) is 0. The van der Waals surface area contributed by atoms with Crippen LogP contribution in [-0.4, -0.2) is 40.5 Å². The number of carbonyl (C=O) groups is 1. The number of hydrogen-bond donors (Lipinski definition) is 1. The number of nitrogens with one attached hydrogen (secondary N) is 1. The second-order valence-corrected chi connectivity index (χ2v) is 6.33. The molecule has 2 heterocycles. The van der Waals surface area contributed by atoms with Gasteiger partial charge in [0, 0.05) is 11.5 Å². The number of aryl methyl sites for hydroxylation is 1. The van der Waals surface area contributed by atoms with E-state index in [1.54, 1.807) is 26.8 Å². The second kappa shape index (κ2) is 6.54. The molecule has 3 rings (SSSR count). The third-order valence-corrected chi connectivity index (χ3v) is 3.76. The van der Waals surface area contributed by atoms with Gasteiger partial charge < -0.3 is 14.5 Å². The number of esters is 1. The van der Waals surface area contributed by atoms with E-state index in [1.807, 2.05) is 6.07 Å². The van der Waals surface area contributed by atoms with Gasteiger partial charge in [-0.1, -0.05) is 0 Å².